The zero-order valence-corrected chi connectivity index (χ0v) is 10.9. The van der Waals surface area contributed by atoms with Crippen LogP contribution < -0.4 is 5.32 Å². The fraction of sp³-hybridized carbons (Fsp3) is 0.500. The Morgan fingerprint density at radius 2 is 2.28 bits per heavy atom. The van der Waals surface area contributed by atoms with Gasteiger partial charge in [0.05, 0.1) is 12.7 Å². The maximum atomic E-state index is 5.84. The number of furan rings is 1. The molecule has 2 aromatic heterocycles. The summed E-state index contributed by atoms with van der Waals surface area (Å²) in [6, 6.07) is 4.20. The maximum Gasteiger partial charge on any atom is 0.117 e. The van der Waals surface area contributed by atoms with E-state index in [4.69, 9.17) is 4.42 Å². The summed E-state index contributed by atoms with van der Waals surface area (Å²) in [6.07, 6.45) is 5.18. The summed E-state index contributed by atoms with van der Waals surface area (Å²) in [4.78, 5) is 0. The van der Waals surface area contributed by atoms with Crippen molar-refractivity contribution in [1.29, 1.82) is 0 Å². The fourth-order valence-electron chi connectivity index (χ4n) is 2.30. The minimum Gasteiger partial charge on any atom is -0.464 e. The number of nitrogens with zero attached hydrogens (tertiary/aromatic N) is 2. The van der Waals surface area contributed by atoms with Crippen LogP contribution >= 0.6 is 0 Å². The molecule has 0 aromatic carbocycles. The minimum atomic E-state index is 0.664. The lowest BCUT2D eigenvalue weighted by atomic mass is 10.3. The van der Waals surface area contributed by atoms with Crippen molar-refractivity contribution in [3.63, 3.8) is 0 Å². The van der Waals surface area contributed by atoms with Gasteiger partial charge in [-0.15, -0.1) is 0 Å². The molecule has 4 heteroatoms. The van der Waals surface area contributed by atoms with Gasteiger partial charge in [-0.1, -0.05) is 6.92 Å². The van der Waals surface area contributed by atoms with E-state index >= 15 is 0 Å². The topological polar surface area (TPSA) is 43.0 Å². The van der Waals surface area contributed by atoms with Crippen LogP contribution in [0.5, 0.6) is 0 Å². The first-order valence-corrected chi connectivity index (χ1v) is 6.49. The summed E-state index contributed by atoms with van der Waals surface area (Å²) < 4.78 is 7.65. The lowest BCUT2D eigenvalue weighted by Crippen LogP contribution is -2.11. The van der Waals surface area contributed by atoms with Gasteiger partial charge in [0.15, 0.2) is 0 Å². The van der Waals surface area contributed by atoms with Gasteiger partial charge in [0, 0.05) is 31.3 Å². The molecule has 18 heavy (non-hydrogen) atoms. The summed E-state index contributed by atoms with van der Waals surface area (Å²) in [5, 5.41) is 7.51. The van der Waals surface area contributed by atoms with E-state index in [9.17, 15) is 0 Å². The first-order chi connectivity index (χ1) is 8.72. The van der Waals surface area contributed by atoms with Crippen molar-refractivity contribution in [3.8, 4) is 0 Å². The third-order valence-corrected chi connectivity index (χ3v) is 3.54. The van der Waals surface area contributed by atoms with Gasteiger partial charge in [0.25, 0.3) is 0 Å². The predicted molar refractivity (Wildman–Crippen MR) is 69.0 cm³/mol. The highest BCUT2D eigenvalue weighted by atomic mass is 16.3. The smallest absolute Gasteiger partial charge is 0.117 e. The Morgan fingerprint density at radius 1 is 1.44 bits per heavy atom. The largest absolute Gasteiger partial charge is 0.464 e. The maximum absolute atomic E-state index is 5.84. The molecule has 0 amide bonds. The van der Waals surface area contributed by atoms with Crippen molar-refractivity contribution in [1.82, 2.24) is 15.1 Å². The summed E-state index contributed by atoms with van der Waals surface area (Å²) in [5.74, 6) is 3.64. The van der Waals surface area contributed by atoms with E-state index in [1.165, 1.54) is 12.0 Å². The van der Waals surface area contributed by atoms with Crippen LogP contribution in [-0.4, -0.2) is 9.78 Å². The number of hydrogen-bond acceptors (Lipinski definition) is 3. The molecule has 2 heterocycles. The number of aryl methyl sites for hydroxylation is 1. The second kappa shape index (κ2) is 4.61. The van der Waals surface area contributed by atoms with Gasteiger partial charge in [0.1, 0.15) is 11.5 Å². The van der Waals surface area contributed by atoms with Crippen molar-refractivity contribution in [2.45, 2.75) is 32.4 Å². The number of nitrogens with one attached hydrogen (secondary N) is 1. The summed E-state index contributed by atoms with van der Waals surface area (Å²) in [7, 11) is 1.93. The Balaban J connectivity index is 1.49. The van der Waals surface area contributed by atoms with Gasteiger partial charge in [-0.3, -0.25) is 4.68 Å². The van der Waals surface area contributed by atoms with Crippen LogP contribution in [0.3, 0.4) is 0 Å². The summed E-state index contributed by atoms with van der Waals surface area (Å²) in [5.41, 5.74) is 1.19. The van der Waals surface area contributed by atoms with Gasteiger partial charge in [-0.25, -0.2) is 0 Å². The second-order valence-corrected chi connectivity index (χ2v) is 5.25. The van der Waals surface area contributed by atoms with Gasteiger partial charge in [-0.05, 0) is 24.5 Å². The third-order valence-electron chi connectivity index (χ3n) is 3.54. The van der Waals surface area contributed by atoms with Crippen molar-refractivity contribution in [3.05, 3.63) is 41.6 Å². The first kappa shape index (κ1) is 11.5. The molecule has 0 radical (unpaired) electrons. The van der Waals surface area contributed by atoms with E-state index in [1.807, 2.05) is 24.1 Å². The molecule has 4 nitrogen and oxygen atoms in total. The van der Waals surface area contributed by atoms with Gasteiger partial charge in [0.2, 0.25) is 0 Å². The molecule has 1 fully saturated rings. The highest BCUT2D eigenvalue weighted by molar-refractivity contribution is 5.17. The molecule has 1 aliphatic carbocycles. The Kier molecular flexibility index (Phi) is 2.96. The Hall–Kier alpha value is -1.55. The van der Waals surface area contributed by atoms with E-state index in [2.05, 4.69) is 29.5 Å². The average Bonchev–Trinajstić information content (AvgIpc) is 2.79. The van der Waals surface area contributed by atoms with Crippen LogP contribution in [0, 0.1) is 5.92 Å². The molecule has 3 rings (SSSR count). The molecule has 96 valence electrons. The monoisotopic (exact) mass is 245 g/mol. The molecule has 2 unspecified atom stereocenters. The third kappa shape index (κ3) is 2.48. The van der Waals surface area contributed by atoms with E-state index in [-0.39, 0.29) is 0 Å². The molecular formula is C14H19N3O. The predicted octanol–water partition coefficient (Wildman–Crippen LogP) is 2.43. The molecule has 0 bridgehead atoms. The zero-order chi connectivity index (χ0) is 12.5. The van der Waals surface area contributed by atoms with E-state index in [0.29, 0.717) is 5.92 Å². The van der Waals surface area contributed by atoms with Crippen molar-refractivity contribution in [2.24, 2.45) is 13.0 Å². The van der Waals surface area contributed by atoms with E-state index in [1.54, 1.807) is 0 Å². The van der Waals surface area contributed by atoms with Crippen LogP contribution in [0.25, 0.3) is 0 Å². The quantitative estimate of drug-likeness (QED) is 0.879. The van der Waals surface area contributed by atoms with Gasteiger partial charge in [-0.2, -0.15) is 5.10 Å². The fourth-order valence-corrected chi connectivity index (χ4v) is 2.30. The molecule has 2 atom stereocenters. The summed E-state index contributed by atoms with van der Waals surface area (Å²) >= 11 is 0. The van der Waals surface area contributed by atoms with Crippen LogP contribution in [-0.2, 0) is 20.1 Å². The molecule has 0 saturated heterocycles. The Morgan fingerprint density at radius 3 is 2.94 bits per heavy atom. The Bertz CT molecular complexity index is 529. The second-order valence-electron chi connectivity index (χ2n) is 5.25. The number of rotatable bonds is 5. The highest BCUT2D eigenvalue weighted by Crippen LogP contribution is 2.47. The molecule has 1 saturated carbocycles. The van der Waals surface area contributed by atoms with Gasteiger partial charge < -0.3 is 9.73 Å². The van der Waals surface area contributed by atoms with Crippen molar-refractivity contribution < 1.29 is 4.42 Å². The van der Waals surface area contributed by atoms with Crippen molar-refractivity contribution in [2.75, 3.05) is 0 Å². The SMILES string of the molecule is CC1CC1c1ccc(CNCc2cnn(C)c2)o1. The minimum absolute atomic E-state index is 0.664. The molecule has 1 aliphatic rings. The summed E-state index contributed by atoms with van der Waals surface area (Å²) in [6.45, 7) is 3.87. The lowest BCUT2D eigenvalue weighted by Gasteiger charge is -2.00. The first-order valence-electron chi connectivity index (χ1n) is 6.49. The van der Waals surface area contributed by atoms with Crippen LogP contribution in [0.1, 0.15) is 36.3 Å². The standard InChI is InChI=1S/C14H19N3O/c1-10-5-13(10)14-4-3-12(18-14)8-15-6-11-7-16-17(2)9-11/h3-4,7,9-10,13,15H,5-6,8H2,1-2H3. The molecule has 2 aromatic rings. The van der Waals surface area contributed by atoms with Crippen molar-refractivity contribution >= 4 is 0 Å². The lowest BCUT2D eigenvalue weighted by molar-refractivity contribution is 0.444. The van der Waals surface area contributed by atoms with Crippen LogP contribution in [0.4, 0.5) is 0 Å². The van der Waals surface area contributed by atoms with Gasteiger partial charge >= 0.3 is 0 Å². The molecule has 1 N–H and O–H groups in total. The number of aromatic nitrogens is 2. The van der Waals surface area contributed by atoms with Crippen LogP contribution in [0.2, 0.25) is 0 Å². The Labute approximate surface area is 107 Å². The molecule has 0 aliphatic heterocycles. The zero-order valence-electron chi connectivity index (χ0n) is 10.9. The number of hydrogen-bond donors (Lipinski definition) is 1. The average molecular weight is 245 g/mol. The van der Waals surface area contributed by atoms with E-state index in [0.717, 1.165) is 30.5 Å². The molecular weight excluding hydrogens is 226 g/mol. The highest BCUT2D eigenvalue weighted by Gasteiger charge is 2.36. The van der Waals surface area contributed by atoms with E-state index < -0.39 is 0 Å². The van der Waals surface area contributed by atoms with Crippen LogP contribution in [0.15, 0.2) is 28.9 Å². The normalized spacial score (nSPS) is 22.3. The molecule has 0 spiro atoms.